The predicted molar refractivity (Wildman–Crippen MR) is 96.2 cm³/mol. The molecular formula is C17H19NO6S2. The Labute approximate surface area is 155 Å². The predicted octanol–water partition coefficient (Wildman–Crippen LogP) is 1.53. The van der Waals surface area contributed by atoms with Crippen LogP contribution in [0.25, 0.3) is 0 Å². The molecule has 9 heteroatoms. The number of aliphatic carboxylic acids is 1. The molecule has 1 aromatic carbocycles. The van der Waals surface area contributed by atoms with Gasteiger partial charge in [0.25, 0.3) is 0 Å². The molecule has 0 spiro atoms. The lowest BCUT2D eigenvalue weighted by Crippen LogP contribution is -2.47. The smallest absolute Gasteiger partial charge is 0.322 e. The molecule has 2 atom stereocenters. The van der Waals surface area contributed by atoms with Crippen LogP contribution < -0.4 is 4.74 Å². The largest absolute Gasteiger partial charge is 0.497 e. The maximum atomic E-state index is 13.1. The third-order valence-corrected chi connectivity index (χ3v) is 7.37. The molecule has 1 aliphatic heterocycles. The van der Waals surface area contributed by atoms with Gasteiger partial charge in [-0.3, -0.25) is 4.79 Å². The molecule has 3 rings (SSSR count). The number of sulfonamides is 1. The monoisotopic (exact) mass is 397 g/mol. The summed E-state index contributed by atoms with van der Waals surface area (Å²) in [5.74, 6) is -1.17. The average Bonchev–Trinajstić information content (AvgIpc) is 3.02. The molecule has 1 aliphatic rings. The minimum Gasteiger partial charge on any atom is -0.497 e. The number of aliphatic hydroxyl groups excluding tert-OH is 1. The van der Waals surface area contributed by atoms with Crippen molar-refractivity contribution >= 4 is 27.3 Å². The van der Waals surface area contributed by atoms with Crippen molar-refractivity contribution in [1.29, 1.82) is 0 Å². The molecule has 0 fully saturated rings. The lowest BCUT2D eigenvalue weighted by atomic mass is 10.0. The van der Waals surface area contributed by atoms with E-state index in [4.69, 9.17) is 4.74 Å². The second-order valence-electron chi connectivity index (χ2n) is 5.99. The summed E-state index contributed by atoms with van der Waals surface area (Å²) in [6, 6.07) is 6.41. The second kappa shape index (κ2) is 7.36. The summed E-state index contributed by atoms with van der Waals surface area (Å²) in [6.45, 7) is -0.351. The molecule has 0 aliphatic carbocycles. The van der Waals surface area contributed by atoms with Crippen molar-refractivity contribution in [2.45, 2.75) is 23.3 Å². The highest BCUT2D eigenvalue weighted by Gasteiger charge is 2.41. The van der Waals surface area contributed by atoms with Gasteiger partial charge in [0.1, 0.15) is 11.8 Å². The summed E-state index contributed by atoms with van der Waals surface area (Å²) in [5, 5.41) is 21.2. The fraction of sp³-hybridized carbons (Fsp3) is 0.353. The Morgan fingerprint density at radius 2 is 2.00 bits per heavy atom. The Morgan fingerprint density at radius 3 is 2.58 bits per heavy atom. The molecule has 26 heavy (non-hydrogen) atoms. The minimum absolute atomic E-state index is 0.00788. The summed E-state index contributed by atoms with van der Waals surface area (Å²) in [7, 11) is -2.58. The van der Waals surface area contributed by atoms with E-state index in [0.717, 1.165) is 14.7 Å². The van der Waals surface area contributed by atoms with E-state index in [1.54, 1.807) is 0 Å². The number of thiophene rings is 1. The quantitative estimate of drug-likeness (QED) is 0.793. The third kappa shape index (κ3) is 3.35. The molecule has 0 unspecified atom stereocenters. The number of fused-ring (bicyclic) bond motifs is 1. The normalized spacial score (nSPS) is 21.0. The van der Waals surface area contributed by atoms with Gasteiger partial charge in [-0.2, -0.15) is 4.31 Å². The van der Waals surface area contributed by atoms with Gasteiger partial charge < -0.3 is 14.9 Å². The average molecular weight is 397 g/mol. The summed E-state index contributed by atoms with van der Waals surface area (Å²) in [4.78, 5) is 12.6. The lowest BCUT2D eigenvalue weighted by molar-refractivity contribution is -0.141. The first-order valence-electron chi connectivity index (χ1n) is 7.94. The number of aliphatic hydroxyl groups is 1. The van der Waals surface area contributed by atoms with Crippen LogP contribution in [0.2, 0.25) is 0 Å². The van der Waals surface area contributed by atoms with E-state index in [9.17, 15) is 23.4 Å². The maximum Gasteiger partial charge on any atom is 0.322 e. The van der Waals surface area contributed by atoms with Gasteiger partial charge in [-0.15, -0.1) is 11.3 Å². The summed E-state index contributed by atoms with van der Waals surface area (Å²) < 4.78 is 32.3. The van der Waals surface area contributed by atoms with Gasteiger partial charge in [0.2, 0.25) is 10.0 Å². The molecule has 0 bridgehead atoms. The Hall–Kier alpha value is -1.94. The highest BCUT2D eigenvalue weighted by atomic mass is 32.2. The van der Waals surface area contributed by atoms with Crippen LogP contribution in [0.4, 0.5) is 0 Å². The molecule has 140 valence electrons. The first kappa shape index (κ1) is 18.8. The molecule has 1 aromatic heterocycles. The summed E-state index contributed by atoms with van der Waals surface area (Å²) >= 11 is 1.38. The number of ether oxygens (including phenoxy) is 1. The molecule has 0 radical (unpaired) electrons. The highest BCUT2D eigenvalue weighted by Crippen LogP contribution is 2.34. The van der Waals surface area contributed by atoms with Gasteiger partial charge in [-0.05, 0) is 41.3 Å². The van der Waals surface area contributed by atoms with E-state index in [-0.39, 0.29) is 24.5 Å². The number of carbonyl (C=O) groups is 1. The van der Waals surface area contributed by atoms with Crippen LogP contribution in [0, 0.1) is 0 Å². The van der Waals surface area contributed by atoms with Gasteiger partial charge in [0.05, 0.1) is 18.6 Å². The summed E-state index contributed by atoms with van der Waals surface area (Å²) in [5.41, 5.74) is 0.816. The minimum atomic E-state index is -4.05. The zero-order valence-electron chi connectivity index (χ0n) is 14.0. The topological polar surface area (TPSA) is 104 Å². The number of hydrogen-bond acceptors (Lipinski definition) is 6. The van der Waals surface area contributed by atoms with Gasteiger partial charge in [-0.1, -0.05) is 0 Å². The second-order valence-corrected chi connectivity index (χ2v) is 8.88. The van der Waals surface area contributed by atoms with E-state index in [2.05, 4.69) is 0 Å². The zero-order chi connectivity index (χ0) is 18.9. The number of benzene rings is 1. The van der Waals surface area contributed by atoms with Gasteiger partial charge in [0, 0.05) is 23.8 Å². The van der Waals surface area contributed by atoms with Gasteiger partial charge in [-0.25, -0.2) is 8.42 Å². The van der Waals surface area contributed by atoms with Crippen molar-refractivity contribution in [2.75, 3.05) is 20.3 Å². The third-order valence-electron chi connectivity index (χ3n) is 4.52. The first-order chi connectivity index (χ1) is 12.4. The standard InChI is InChI=1S/C17H19NO6S2/c1-24-12-2-4-13(5-3-12)26(22,23)18-9-11(10-19)14-6-7-25-16(14)8-15(18)17(20)21/h2-7,11,15,19H,8-10H2,1H3,(H,20,21)/t11-,15-/m0/s1. The molecule has 2 aromatic rings. The Kier molecular flexibility index (Phi) is 5.33. The van der Waals surface area contributed by atoms with Crippen LogP contribution in [0.5, 0.6) is 5.75 Å². The number of hydrogen-bond donors (Lipinski definition) is 2. The van der Waals surface area contributed by atoms with Crippen LogP contribution >= 0.6 is 11.3 Å². The van der Waals surface area contributed by atoms with Crippen LogP contribution in [0.3, 0.4) is 0 Å². The van der Waals surface area contributed by atoms with Crippen LogP contribution in [-0.2, 0) is 21.2 Å². The Morgan fingerprint density at radius 1 is 1.31 bits per heavy atom. The van der Waals surface area contributed by atoms with Crippen LogP contribution in [-0.4, -0.2) is 55.2 Å². The maximum absolute atomic E-state index is 13.1. The highest BCUT2D eigenvalue weighted by molar-refractivity contribution is 7.89. The summed E-state index contributed by atoms with van der Waals surface area (Å²) in [6.07, 6.45) is 0.0776. The molecule has 7 nitrogen and oxygen atoms in total. The molecular weight excluding hydrogens is 378 g/mol. The Bertz CT molecular complexity index is 890. The first-order valence-corrected chi connectivity index (χ1v) is 10.3. The van der Waals surface area contributed by atoms with Crippen LogP contribution in [0.1, 0.15) is 16.4 Å². The number of methoxy groups -OCH3 is 1. The zero-order valence-corrected chi connectivity index (χ0v) is 15.7. The van der Waals surface area contributed by atoms with E-state index in [0.29, 0.717) is 5.75 Å². The van der Waals surface area contributed by atoms with Crippen LogP contribution in [0.15, 0.2) is 40.6 Å². The van der Waals surface area contributed by atoms with Crippen molar-refractivity contribution in [3.63, 3.8) is 0 Å². The fourth-order valence-corrected chi connectivity index (χ4v) is 5.75. The SMILES string of the molecule is COc1ccc(S(=O)(=O)N2C[C@@H](CO)c3ccsc3C[C@H]2C(=O)O)cc1. The molecule has 2 N–H and O–H groups in total. The van der Waals surface area contributed by atoms with E-state index < -0.39 is 28.0 Å². The molecule has 0 saturated heterocycles. The molecule has 0 saturated carbocycles. The van der Waals surface area contributed by atoms with Gasteiger partial charge in [0.15, 0.2) is 0 Å². The van der Waals surface area contributed by atoms with E-state index >= 15 is 0 Å². The van der Waals surface area contributed by atoms with Gasteiger partial charge >= 0.3 is 5.97 Å². The molecule has 0 amide bonds. The number of carboxylic acids is 1. The van der Waals surface area contributed by atoms with Crippen molar-refractivity contribution in [2.24, 2.45) is 0 Å². The van der Waals surface area contributed by atoms with Crippen molar-refractivity contribution in [3.8, 4) is 5.75 Å². The number of rotatable bonds is 5. The van der Waals surface area contributed by atoms with E-state index in [1.165, 1.54) is 42.7 Å². The number of nitrogens with zero attached hydrogens (tertiary/aromatic N) is 1. The molecule has 2 heterocycles. The fourth-order valence-electron chi connectivity index (χ4n) is 3.12. The van der Waals surface area contributed by atoms with Crippen molar-refractivity contribution in [3.05, 3.63) is 46.2 Å². The van der Waals surface area contributed by atoms with E-state index in [1.807, 2.05) is 11.4 Å². The van der Waals surface area contributed by atoms with Crippen molar-refractivity contribution in [1.82, 2.24) is 4.31 Å². The lowest BCUT2D eigenvalue weighted by Gasteiger charge is -2.28. The Balaban J connectivity index is 2.04. The number of carboxylic acid groups (broad SMARTS) is 1. The van der Waals surface area contributed by atoms with Crippen molar-refractivity contribution < 1.29 is 28.2 Å².